The van der Waals surface area contributed by atoms with Crippen LogP contribution in [-0.2, 0) is 13.6 Å². The van der Waals surface area contributed by atoms with Crippen LogP contribution in [0.25, 0.3) is 0 Å². The van der Waals surface area contributed by atoms with Crippen molar-refractivity contribution in [2.24, 2.45) is 35.5 Å². The highest BCUT2D eigenvalue weighted by Crippen LogP contribution is 2.56. The maximum atomic E-state index is 14.3. The van der Waals surface area contributed by atoms with E-state index in [4.69, 9.17) is 9.05 Å². The maximum absolute atomic E-state index is 14.3. The molecule has 2 aliphatic rings. The molecule has 5 heteroatoms. The van der Waals surface area contributed by atoms with Crippen LogP contribution in [0.3, 0.4) is 0 Å². The Bertz CT molecular complexity index is 685. The lowest BCUT2D eigenvalue weighted by Crippen LogP contribution is -2.37. The molecule has 1 aromatic carbocycles. The summed E-state index contributed by atoms with van der Waals surface area (Å²) in [6, 6.07) is 9.74. The molecule has 1 aromatic rings. The molecule has 0 amide bonds. The van der Waals surface area contributed by atoms with Crippen molar-refractivity contribution in [3.63, 3.8) is 0 Å². The van der Waals surface area contributed by atoms with Crippen LogP contribution in [0.1, 0.15) is 80.1 Å². The van der Waals surface area contributed by atoms with Crippen LogP contribution in [0, 0.1) is 35.5 Å². The molecule has 4 nitrogen and oxygen atoms in total. The fourth-order valence-corrected chi connectivity index (χ4v) is 7.39. The second-order valence-electron chi connectivity index (χ2n) is 10.9. The zero-order valence-electron chi connectivity index (χ0n) is 20.4. The van der Waals surface area contributed by atoms with Gasteiger partial charge in [0.05, 0.1) is 12.2 Å². The average molecular weight is 450 g/mol. The summed E-state index contributed by atoms with van der Waals surface area (Å²) in [6.07, 6.45) is 6.51. The SMILES string of the molecule is CC(C)[C@H]1CC[C@@H](C)C[C@H]1OP(=O)(Nc1ccccc1)O[C@@H]1C[C@@H](C)CC[C@@H]1C(C)C. The molecular weight excluding hydrogens is 405 g/mol. The van der Waals surface area contributed by atoms with Crippen molar-refractivity contribution in [1.29, 1.82) is 0 Å². The molecule has 0 bridgehead atoms. The van der Waals surface area contributed by atoms with Gasteiger partial charge in [-0.1, -0.05) is 72.6 Å². The Morgan fingerprint density at radius 1 is 0.806 bits per heavy atom. The molecule has 0 radical (unpaired) electrons. The third-order valence-electron chi connectivity index (χ3n) is 7.51. The summed E-state index contributed by atoms with van der Waals surface area (Å²) in [5, 5.41) is 3.21. The minimum Gasteiger partial charge on any atom is -0.293 e. The summed E-state index contributed by atoms with van der Waals surface area (Å²) in [4.78, 5) is 0. The third kappa shape index (κ3) is 6.83. The van der Waals surface area contributed by atoms with Gasteiger partial charge in [-0.25, -0.2) is 4.57 Å². The van der Waals surface area contributed by atoms with Gasteiger partial charge >= 0.3 is 7.75 Å². The van der Waals surface area contributed by atoms with E-state index in [0.29, 0.717) is 35.5 Å². The number of nitrogens with one attached hydrogen (secondary N) is 1. The van der Waals surface area contributed by atoms with Crippen LogP contribution in [0.2, 0.25) is 0 Å². The fraction of sp³-hybridized carbons (Fsp3) is 0.769. The van der Waals surface area contributed by atoms with E-state index < -0.39 is 7.75 Å². The minimum absolute atomic E-state index is 0.0377. The molecule has 176 valence electrons. The first kappa shape index (κ1) is 24.8. The largest absolute Gasteiger partial charge is 0.433 e. The van der Waals surface area contributed by atoms with Crippen molar-refractivity contribution in [2.45, 2.75) is 92.3 Å². The molecule has 2 aliphatic carbocycles. The summed E-state index contributed by atoms with van der Waals surface area (Å²) >= 11 is 0. The molecule has 3 rings (SSSR count). The smallest absolute Gasteiger partial charge is 0.293 e. The number of rotatable bonds is 8. The lowest BCUT2D eigenvalue weighted by molar-refractivity contribution is -0.00187. The van der Waals surface area contributed by atoms with Crippen LogP contribution in [0.5, 0.6) is 0 Å². The number of hydrogen-bond donors (Lipinski definition) is 1. The Labute approximate surface area is 190 Å². The quantitative estimate of drug-likeness (QED) is 0.407. The second kappa shape index (κ2) is 10.9. The Kier molecular flexibility index (Phi) is 8.69. The van der Waals surface area contributed by atoms with Gasteiger partial charge in [0.2, 0.25) is 0 Å². The van der Waals surface area contributed by atoms with Gasteiger partial charge in [-0.05, 0) is 73.3 Å². The van der Waals surface area contributed by atoms with E-state index in [1.54, 1.807) is 0 Å². The fourth-order valence-electron chi connectivity index (χ4n) is 5.58. The first-order valence-electron chi connectivity index (χ1n) is 12.5. The molecule has 2 fully saturated rings. The first-order chi connectivity index (χ1) is 14.7. The molecule has 0 aromatic heterocycles. The zero-order valence-corrected chi connectivity index (χ0v) is 21.3. The van der Waals surface area contributed by atoms with Crippen LogP contribution in [0.15, 0.2) is 30.3 Å². The topological polar surface area (TPSA) is 47.6 Å². The highest BCUT2D eigenvalue weighted by Gasteiger charge is 2.42. The summed E-state index contributed by atoms with van der Waals surface area (Å²) in [7, 11) is -3.54. The standard InChI is InChI=1S/C26H44NO3P/c1-18(2)23-14-12-20(5)16-25(23)29-31(28,27-22-10-8-7-9-11-22)30-26-17-21(6)13-15-24(26)19(3)4/h7-11,18-21,23-26H,12-17H2,1-6H3,(H,27,28)/t20-,21+,23-,24-,25-,26-,31?/m1/s1. The van der Waals surface area contributed by atoms with Crippen molar-refractivity contribution in [3.8, 4) is 0 Å². The molecule has 0 heterocycles. The monoisotopic (exact) mass is 449 g/mol. The van der Waals surface area contributed by atoms with Crippen molar-refractivity contribution < 1.29 is 13.6 Å². The summed E-state index contributed by atoms with van der Waals surface area (Å²) in [5.41, 5.74) is 0.792. The van der Waals surface area contributed by atoms with E-state index in [9.17, 15) is 4.57 Å². The van der Waals surface area contributed by atoms with Gasteiger partial charge < -0.3 is 0 Å². The summed E-state index contributed by atoms with van der Waals surface area (Å²) in [6.45, 7) is 13.6. The van der Waals surface area contributed by atoms with Gasteiger partial charge in [-0.2, -0.15) is 0 Å². The Balaban J connectivity index is 1.86. The van der Waals surface area contributed by atoms with Crippen molar-refractivity contribution in [3.05, 3.63) is 30.3 Å². The van der Waals surface area contributed by atoms with E-state index in [1.165, 1.54) is 12.8 Å². The normalized spacial score (nSPS) is 33.9. The van der Waals surface area contributed by atoms with Gasteiger partial charge in [0.1, 0.15) is 0 Å². The zero-order chi connectivity index (χ0) is 22.6. The number of hydrogen-bond acceptors (Lipinski definition) is 3. The molecule has 7 atom stereocenters. The summed E-state index contributed by atoms with van der Waals surface area (Å²) < 4.78 is 27.3. The van der Waals surface area contributed by atoms with E-state index in [2.05, 4.69) is 46.6 Å². The highest BCUT2D eigenvalue weighted by molar-refractivity contribution is 7.55. The van der Waals surface area contributed by atoms with Crippen LogP contribution < -0.4 is 5.09 Å². The lowest BCUT2D eigenvalue weighted by Gasteiger charge is -2.41. The van der Waals surface area contributed by atoms with E-state index in [1.807, 2.05) is 30.3 Å². The third-order valence-corrected chi connectivity index (χ3v) is 9.14. The van der Waals surface area contributed by atoms with Gasteiger partial charge in [0.25, 0.3) is 0 Å². The predicted molar refractivity (Wildman–Crippen MR) is 130 cm³/mol. The molecule has 31 heavy (non-hydrogen) atoms. The van der Waals surface area contributed by atoms with Crippen LogP contribution in [-0.4, -0.2) is 12.2 Å². The van der Waals surface area contributed by atoms with Gasteiger partial charge in [0.15, 0.2) is 0 Å². The average Bonchev–Trinajstić information content (AvgIpc) is 2.68. The molecule has 0 aliphatic heterocycles. The summed E-state index contributed by atoms with van der Waals surface area (Å²) in [5.74, 6) is 3.00. The first-order valence-corrected chi connectivity index (χ1v) is 14.0. The Hall–Kier alpha value is -0.830. The van der Waals surface area contributed by atoms with Crippen molar-refractivity contribution in [1.82, 2.24) is 0 Å². The molecule has 1 unspecified atom stereocenters. The number of para-hydroxylation sites is 1. The lowest BCUT2D eigenvalue weighted by atomic mass is 9.75. The number of anilines is 1. The molecule has 0 saturated heterocycles. The molecule has 1 N–H and O–H groups in total. The van der Waals surface area contributed by atoms with Crippen LogP contribution in [0.4, 0.5) is 5.69 Å². The van der Waals surface area contributed by atoms with E-state index >= 15 is 0 Å². The number of benzene rings is 1. The van der Waals surface area contributed by atoms with Crippen molar-refractivity contribution >= 4 is 13.4 Å². The Morgan fingerprint density at radius 2 is 1.26 bits per heavy atom. The predicted octanol–water partition coefficient (Wildman–Crippen LogP) is 8.16. The van der Waals surface area contributed by atoms with Gasteiger partial charge in [0, 0.05) is 5.69 Å². The van der Waals surface area contributed by atoms with Gasteiger partial charge in [-0.3, -0.25) is 14.1 Å². The van der Waals surface area contributed by atoms with Crippen LogP contribution >= 0.6 is 7.75 Å². The Morgan fingerprint density at radius 3 is 1.68 bits per heavy atom. The molecular formula is C26H44NO3P. The molecule has 0 spiro atoms. The minimum atomic E-state index is -3.54. The van der Waals surface area contributed by atoms with Gasteiger partial charge in [-0.15, -0.1) is 0 Å². The van der Waals surface area contributed by atoms with Crippen molar-refractivity contribution in [2.75, 3.05) is 5.09 Å². The highest BCUT2D eigenvalue weighted by atomic mass is 31.2. The second-order valence-corrected chi connectivity index (χ2v) is 12.6. The molecule has 2 saturated carbocycles. The van der Waals surface area contributed by atoms with E-state index in [0.717, 1.165) is 31.4 Å². The maximum Gasteiger partial charge on any atom is 0.433 e. The van der Waals surface area contributed by atoms with E-state index in [-0.39, 0.29) is 12.2 Å².